The zero-order chi connectivity index (χ0) is 13.3. The second kappa shape index (κ2) is 5.03. The van der Waals surface area contributed by atoms with Crippen molar-refractivity contribution in [2.75, 3.05) is 13.1 Å². The highest BCUT2D eigenvalue weighted by Crippen LogP contribution is 2.26. The van der Waals surface area contributed by atoms with Crippen LogP contribution in [0, 0.1) is 16.0 Å². The van der Waals surface area contributed by atoms with Gasteiger partial charge in [0.05, 0.1) is 9.80 Å². The van der Waals surface area contributed by atoms with Gasteiger partial charge >= 0.3 is 5.00 Å². The van der Waals surface area contributed by atoms with E-state index in [1.165, 1.54) is 12.1 Å². The molecule has 2 unspecified atom stereocenters. The lowest BCUT2D eigenvalue weighted by molar-refractivity contribution is -0.380. The maximum absolute atomic E-state index is 12.2. The average molecular weight is 269 g/mol. The van der Waals surface area contributed by atoms with Crippen LogP contribution in [0.5, 0.6) is 0 Å². The number of nitrogens with zero attached hydrogens (tertiary/aromatic N) is 2. The van der Waals surface area contributed by atoms with Crippen molar-refractivity contribution in [2.45, 2.75) is 19.4 Å². The molecule has 0 saturated carbocycles. The number of rotatable bonds is 2. The second-order valence-electron chi connectivity index (χ2n) is 4.71. The fourth-order valence-electron chi connectivity index (χ4n) is 2.26. The monoisotopic (exact) mass is 269 g/mol. The van der Waals surface area contributed by atoms with Gasteiger partial charge in [0.2, 0.25) is 0 Å². The molecule has 6 nitrogen and oxygen atoms in total. The zero-order valence-electron chi connectivity index (χ0n) is 10.0. The topological polar surface area (TPSA) is 89.5 Å². The third kappa shape index (κ3) is 2.68. The SMILES string of the molecule is CC1CC(N)CN(C(=O)c2ccc([N+](=O)[O-])s2)C1. The maximum atomic E-state index is 12.2. The Morgan fingerprint density at radius 3 is 2.83 bits per heavy atom. The van der Waals surface area contributed by atoms with Crippen molar-refractivity contribution < 1.29 is 9.72 Å². The molecule has 2 N–H and O–H groups in total. The Morgan fingerprint density at radius 2 is 2.28 bits per heavy atom. The van der Waals surface area contributed by atoms with Crippen LogP contribution in [0.15, 0.2) is 12.1 Å². The van der Waals surface area contributed by atoms with Crippen LogP contribution in [0.4, 0.5) is 5.00 Å². The van der Waals surface area contributed by atoms with Gasteiger partial charge in [-0.3, -0.25) is 14.9 Å². The molecule has 0 aliphatic carbocycles. The van der Waals surface area contributed by atoms with E-state index in [-0.39, 0.29) is 17.0 Å². The summed E-state index contributed by atoms with van der Waals surface area (Å²) in [6, 6.07) is 2.87. The van der Waals surface area contributed by atoms with Crippen molar-refractivity contribution in [1.29, 1.82) is 0 Å². The van der Waals surface area contributed by atoms with Gasteiger partial charge in [-0.15, -0.1) is 0 Å². The summed E-state index contributed by atoms with van der Waals surface area (Å²) >= 11 is 0.914. The first-order valence-electron chi connectivity index (χ1n) is 5.76. The minimum absolute atomic E-state index is 0.00675. The molecule has 2 heterocycles. The van der Waals surface area contributed by atoms with Crippen molar-refractivity contribution in [3.63, 3.8) is 0 Å². The smallest absolute Gasteiger partial charge is 0.324 e. The first kappa shape index (κ1) is 13.0. The summed E-state index contributed by atoms with van der Waals surface area (Å²) in [5.41, 5.74) is 5.89. The third-order valence-corrected chi connectivity index (χ3v) is 3.99. The Kier molecular flexibility index (Phi) is 3.63. The van der Waals surface area contributed by atoms with E-state index in [0.29, 0.717) is 23.9 Å². The molecule has 7 heteroatoms. The summed E-state index contributed by atoms with van der Waals surface area (Å²) in [6.07, 6.45) is 0.911. The molecule has 1 aromatic rings. The van der Waals surface area contributed by atoms with Gasteiger partial charge in [-0.1, -0.05) is 18.3 Å². The van der Waals surface area contributed by atoms with Crippen LogP contribution < -0.4 is 5.73 Å². The summed E-state index contributed by atoms with van der Waals surface area (Å²) < 4.78 is 0. The molecule has 1 aliphatic rings. The maximum Gasteiger partial charge on any atom is 0.324 e. The number of hydrogen-bond acceptors (Lipinski definition) is 5. The van der Waals surface area contributed by atoms with Gasteiger partial charge in [0.25, 0.3) is 5.91 Å². The fourth-order valence-corrected chi connectivity index (χ4v) is 3.05. The van der Waals surface area contributed by atoms with E-state index in [0.717, 1.165) is 17.8 Å². The number of likely N-dealkylation sites (tertiary alicyclic amines) is 1. The lowest BCUT2D eigenvalue weighted by atomic mass is 9.96. The molecule has 0 aromatic carbocycles. The van der Waals surface area contributed by atoms with Crippen molar-refractivity contribution in [3.05, 3.63) is 27.1 Å². The van der Waals surface area contributed by atoms with Gasteiger partial charge in [0.15, 0.2) is 0 Å². The van der Waals surface area contributed by atoms with Crippen LogP contribution in [0.1, 0.15) is 23.0 Å². The fraction of sp³-hybridized carbons (Fsp3) is 0.545. The van der Waals surface area contributed by atoms with Gasteiger partial charge in [0.1, 0.15) is 0 Å². The second-order valence-corrected chi connectivity index (χ2v) is 5.77. The van der Waals surface area contributed by atoms with Crippen molar-refractivity contribution >= 4 is 22.2 Å². The quantitative estimate of drug-likeness (QED) is 0.650. The van der Waals surface area contributed by atoms with E-state index in [1.54, 1.807) is 4.90 Å². The van der Waals surface area contributed by atoms with Crippen molar-refractivity contribution in [3.8, 4) is 0 Å². The van der Waals surface area contributed by atoms with E-state index in [9.17, 15) is 14.9 Å². The molecule has 0 radical (unpaired) electrons. The number of amides is 1. The van der Waals surface area contributed by atoms with Gasteiger partial charge in [-0.25, -0.2) is 0 Å². The Morgan fingerprint density at radius 1 is 1.56 bits per heavy atom. The molecule has 1 amide bonds. The first-order chi connectivity index (χ1) is 8.47. The minimum Gasteiger partial charge on any atom is -0.336 e. The highest BCUT2D eigenvalue weighted by atomic mass is 32.1. The van der Waals surface area contributed by atoms with E-state index >= 15 is 0 Å². The summed E-state index contributed by atoms with van der Waals surface area (Å²) in [5, 5.41) is 10.6. The third-order valence-electron chi connectivity index (χ3n) is 2.96. The zero-order valence-corrected chi connectivity index (χ0v) is 10.9. The van der Waals surface area contributed by atoms with Gasteiger partial charge in [-0.05, 0) is 18.4 Å². The summed E-state index contributed by atoms with van der Waals surface area (Å²) in [7, 11) is 0. The van der Waals surface area contributed by atoms with Crippen LogP contribution in [-0.4, -0.2) is 34.9 Å². The van der Waals surface area contributed by atoms with Crippen LogP contribution in [-0.2, 0) is 0 Å². The molecular weight excluding hydrogens is 254 g/mol. The molecule has 2 rings (SSSR count). The highest BCUT2D eigenvalue weighted by Gasteiger charge is 2.28. The normalized spacial score (nSPS) is 24.0. The van der Waals surface area contributed by atoms with Gasteiger partial charge < -0.3 is 10.6 Å². The predicted octanol–water partition coefficient (Wildman–Crippen LogP) is 1.47. The standard InChI is InChI=1S/C11H15N3O3S/c1-7-4-8(12)6-13(5-7)11(15)9-2-3-10(18-9)14(16)17/h2-3,7-8H,4-6,12H2,1H3. The number of nitrogens with two attached hydrogens (primary N) is 1. The first-order valence-corrected chi connectivity index (χ1v) is 6.58. The van der Waals surface area contributed by atoms with Crippen molar-refractivity contribution in [2.24, 2.45) is 11.7 Å². The van der Waals surface area contributed by atoms with Crippen molar-refractivity contribution in [1.82, 2.24) is 4.90 Å². The van der Waals surface area contributed by atoms with E-state index in [1.807, 2.05) is 0 Å². The summed E-state index contributed by atoms with van der Waals surface area (Å²) in [4.78, 5) is 24.4. The molecule has 1 aromatic heterocycles. The van der Waals surface area contributed by atoms with Gasteiger partial charge in [0, 0.05) is 25.2 Å². The van der Waals surface area contributed by atoms with Gasteiger partial charge in [-0.2, -0.15) is 0 Å². The van der Waals surface area contributed by atoms with Crippen LogP contribution in [0.25, 0.3) is 0 Å². The van der Waals surface area contributed by atoms with E-state index in [4.69, 9.17) is 5.73 Å². The van der Waals surface area contributed by atoms with Crippen LogP contribution in [0.3, 0.4) is 0 Å². The molecule has 2 atom stereocenters. The Labute approximate surface area is 109 Å². The van der Waals surface area contributed by atoms with E-state index in [2.05, 4.69) is 6.92 Å². The number of thiophene rings is 1. The average Bonchev–Trinajstić information content (AvgIpc) is 2.75. The predicted molar refractivity (Wildman–Crippen MR) is 68.6 cm³/mol. The molecule has 1 aliphatic heterocycles. The molecular formula is C11H15N3O3S. The summed E-state index contributed by atoms with van der Waals surface area (Å²) in [5.74, 6) is 0.211. The molecule has 0 bridgehead atoms. The highest BCUT2D eigenvalue weighted by molar-refractivity contribution is 7.17. The molecule has 1 saturated heterocycles. The molecule has 0 spiro atoms. The van der Waals surface area contributed by atoms with E-state index < -0.39 is 4.92 Å². The number of carbonyl (C=O) groups is 1. The van der Waals surface area contributed by atoms with Crippen LogP contribution >= 0.6 is 11.3 Å². The Bertz CT molecular complexity index is 464. The lowest BCUT2D eigenvalue weighted by Crippen LogP contribution is -2.48. The Hall–Kier alpha value is -1.47. The molecule has 98 valence electrons. The largest absolute Gasteiger partial charge is 0.336 e. The molecule has 1 fully saturated rings. The summed E-state index contributed by atoms with van der Waals surface area (Å²) in [6.45, 7) is 3.24. The van der Waals surface area contributed by atoms with Crippen LogP contribution in [0.2, 0.25) is 0 Å². The number of piperidine rings is 1. The number of carbonyl (C=O) groups excluding carboxylic acids is 1. The minimum atomic E-state index is -0.480. The Balaban J connectivity index is 2.12. The lowest BCUT2D eigenvalue weighted by Gasteiger charge is -2.34. The molecule has 18 heavy (non-hydrogen) atoms. The number of hydrogen-bond donors (Lipinski definition) is 1. The number of nitro groups is 1.